The van der Waals surface area contributed by atoms with E-state index in [2.05, 4.69) is 10.1 Å². The number of nitrogens with two attached hydrogens (primary N) is 2. The van der Waals surface area contributed by atoms with E-state index in [1.54, 1.807) is 12.1 Å². The minimum Gasteiger partial charge on any atom is -0.470 e. The summed E-state index contributed by atoms with van der Waals surface area (Å²) in [6.07, 6.45) is 2.88. The van der Waals surface area contributed by atoms with Crippen LogP contribution in [0, 0.1) is 0 Å². The summed E-state index contributed by atoms with van der Waals surface area (Å²) in [4.78, 5) is 15.4. The Hall–Kier alpha value is -2.57. The number of carbonyl (C=O) groups is 1. The molecule has 4 N–H and O–H groups in total. The lowest BCUT2D eigenvalue weighted by atomic mass is 10.2. The summed E-state index contributed by atoms with van der Waals surface area (Å²) in [5.41, 5.74) is 11.4. The van der Waals surface area contributed by atoms with Crippen LogP contribution in [0.25, 0.3) is 5.82 Å². The third-order valence-electron chi connectivity index (χ3n) is 2.38. The van der Waals surface area contributed by atoms with Crippen molar-refractivity contribution >= 4 is 11.6 Å². The molecule has 0 bridgehead atoms. The molecule has 0 unspecified atom stereocenters. The minimum atomic E-state index is -0.544. The van der Waals surface area contributed by atoms with Crippen molar-refractivity contribution in [1.82, 2.24) is 14.8 Å². The zero-order chi connectivity index (χ0) is 14.9. The van der Waals surface area contributed by atoms with Crippen molar-refractivity contribution in [3.8, 4) is 11.7 Å². The molecule has 7 nitrogen and oxygen atoms in total. The average Bonchev–Trinajstić information content (AvgIpc) is 2.79. The number of aromatic nitrogens is 3. The van der Waals surface area contributed by atoms with E-state index in [0.29, 0.717) is 22.9 Å². The van der Waals surface area contributed by atoms with E-state index >= 15 is 0 Å². The van der Waals surface area contributed by atoms with E-state index in [4.69, 9.17) is 16.2 Å². The van der Waals surface area contributed by atoms with Crippen molar-refractivity contribution in [1.29, 1.82) is 0 Å². The highest BCUT2D eigenvalue weighted by atomic mass is 16.5. The van der Waals surface area contributed by atoms with Crippen LogP contribution in [0.1, 0.15) is 31.1 Å². The highest BCUT2D eigenvalue weighted by Crippen LogP contribution is 2.24. The number of hydrogen-bond acceptors (Lipinski definition) is 5. The Bertz CT molecular complexity index is 642. The molecule has 0 saturated carbocycles. The summed E-state index contributed by atoms with van der Waals surface area (Å²) in [6.45, 7) is 5.71. The summed E-state index contributed by atoms with van der Waals surface area (Å²) in [5.74, 6) is 0.273. The Balaban J connectivity index is 2.37. The van der Waals surface area contributed by atoms with E-state index in [1.807, 2.05) is 20.8 Å². The molecule has 7 heteroatoms. The van der Waals surface area contributed by atoms with Crippen molar-refractivity contribution in [2.24, 2.45) is 5.73 Å². The van der Waals surface area contributed by atoms with Crippen molar-refractivity contribution in [3.63, 3.8) is 0 Å². The van der Waals surface area contributed by atoms with Gasteiger partial charge in [0.05, 0.1) is 17.4 Å². The summed E-state index contributed by atoms with van der Waals surface area (Å²) in [5, 5.41) is 4.03. The highest BCUT2D eigenvalue weighted by molar-refractivity contribution is 5.92. The van der Waals surface area contributed by atoms with E-state index in [1.165, 1.54) is 17.1 Å². The maximum absolute atomic E-state index is 11.1. The van der Waals surface area contributed by atoms with Crippen LogP contribution in [0.15, 0.2) is 24.5 Å². The van der Waals surface area contributed by atoms with Gasteiger partial charge in [-0.05, 0) is 32.9 Å². The van der Waals surface area contributed by atoms with Gasteiger partial charge in [-0.1, -0.05) is 0 Å². The second-order valence-electron chi connectivity index (χ2n) is 5.32. The highest BCUT2D eigenvalue weighted by Gasteiger charge is 2.16. The summed E-state index contributed by atoms with van der Waals surface area (Å²) >= 11 is 0. The first-order valence-electron chi connectivity index (χ1n) is 6.06. The Labute approximate surface area is 116 Å². The Kier molecular flexibility index (Phi) is 3.35. The van der Waals surface area contributed by atoms with Crippen LogP contribution in [0.4, 0.5) is 5.69 Å². The maximum Gasteiger partial charge on any atom is 0.251 e. The third-order valence-corrected chi connectivity index (χ3v) is 2.38. The van der Waals surface area contributed by atoms with Gasteiger partial charge in [-0.15, -0.1) is 0 Å². The molecule has 2 aromatic heterocycles. The molecule has 0 aliphatic heterocycles. The van der Waals surface area contributed by atoms with E-state index in [0.717, 1.165) is 0 Å². The Morgan fingerprint density at radius 3 is 2.60 bits per heavy atom. The van der Waals surface area contributed by atoms with Crippen LogP contribution in [0.3, 0.4) is 0 Å². The lowest BCUT2D eigenvalue weighted by Gasteiger charge is -2.21. The fraction of sp³-hybridized carbons (Fsp3) is 0.308. The quantitative estimate of drug-likeness (QED) is 0.872. The van der Waals surface area contributed by atoms with Gasteiger partial charge in [-0.2, -0.15) is 10.1 Å². The first kappa shape index (κ1) is 13.9. The standard InChI is InChI=1S/C13H17N5O2/c1-13(2,3)20-12-9(14)4-5-10(17-12)18-7-8(6-16-18)11(15)19/h4-7H,14H2,1-3H3,(H2,15,19). The number of nitrogen functional groups attached to an aromatic ring is 1. The molecular formula is C13H17N5O2. The van der Waals surface area contributed by atoms with Gasteiger partial charge in [-0.3, -0.25) is 4.79 Å². The maximum atomic E-state index is 11.1. The van der Waals surface area contributed by atoms with Crippen molar-refractivity contribution < 1.29 is 9.53 Å². The topological polar surface area (TPSA) is 109 Å². The van der Waals surface area contributed by atoms with Crippen LogP contribution >= 0.6 is 0 Å². The van der Waals surface area contributed by atoms with Gasteiger partial charge in [-0.25, -0.2) is 4.68 Å². The smallest absolute Gasteiger partial charge is 0.251 e. The van der Waals surface area contributed by atoms with Crippen molar-refractivity contribution in [2.75, 3.05) is 5.73 Å². The SMILES string of the molecule is CC(C)(C)Oc1nc(-n2cc(C(N)=O)cn2)ccc1N. The van der Waals surface area contributed by atoms with Gasteiger partial charge < -0.3 is 16.2 Å². The molecule has 0 aliphatic carbocycles. The van der Waals surface area contributed by atoms with Crippen molar-refractivity contribution in [3.05, 3.63) is 30.1 Å². The average molecular weight is 275 g/mol. The fourth-order valence-corrected chi connectivity index (χ4v) is 1.52. The number of nitrogens with zero attached hydrogens (tertiary/aromatic N) is 3. The molecule has 20 heavy (non-hydrogen) atoms. The van der Waals surface area contributed by atoms with Crippen LogP contribution in [-0.4, -0.2) is 26.3 Å². The Morgan fingerprint density at radius 2 is 2.05 bits per heavy atom. The van der Waals surface area contributed by atoms with Crippen LogP contribution < -0.4 is 16.2 Å². The monoisotopic (exact) mass is 275 g/mol. The molecule has 0 spiro atoms. The molecule has 0 aliphatic rings. The molecular weight excluding hydrogens is 258 g/mol. The number of hydrogen-bond donors (Lipinski definition) is 2. The van der Waals surface area contributed by atoms with E-state index in [-0.39, 0.29) is 0 Å². The Morgan fingerprint density at radius 1 is 1.35 bits per heavy atom. The second-order valence-corrected chi connectivity index (χ2v) is 5.32. The van der Waals surface area contributed by atoms with Gasteiger partial charge >= 0.3 is 0 Å². The van der Waals surface area contributed by atoms with E-state index < -0.39 is 11.5 Å². The molecule has 1 amide bonds. The largest absolute Gasteiger partial charge is 0.470 e. The van der Waals surface area contributed by atoms with Crippen LogP contribution in [0.5, 0.6) is 5.88 Å². The second kappa shape index (κ2) is 4.84. The molecule has 2 heterocycles. The lowest BCUT2D eigenvalue weighted by Crippen LogP contribution is -2.24. The van der Waals surface area contributed by atoms with Gasteiger partial charge in [0.25, 0.3) is 5.91 Å². The number of pyridine rings is 1. The molecule has 0 atom stereocenters. The zero-order valence-corrected chi connectivity index (χ0v) is 11.6. The van der Waals surface area contributed by atoms with Crippen molar-refractivity contribution in [2.45, 2.75) is 26.4 Å². The molecule has 0 radical (unpaired) electrons. The number of anilines is 1. The molecule has 0 aromatic carbocycles. The third kappa shape index (κ3) is 3.05. The molecule has 0 saturated heterocycles. The van der Waals surface area contributed by atoms with Gasteiger partial charge in [0.1, 0.15) is 5.60 Å². The van der Waals surface area contributed by atoms with Gasteiger partial charge in [0.2, 0.25) is 5.88 Å². The van der Waals surface area contributed by atoms with Crippen LogP contribution in [0.2, 0.25) is 0 Å². The summed E-state index contributed by atoms with van der Waals surface area (Å²) < 4.78 is 7.12. The first-order chi connectivity index (χ1) is 9.26. The zero-order valence-electron chi connectivity index (χ0n) is 11.6. The molecule has 2 rings (SSSR count). The molecule has 0 fully saturated rings. The predicted molar refractivity (Wildman–Crippen MR) is 74.7 cm³/mol. The number of primary amides is 1. The fourth-order valence-electron chi connectivity index (χ4n) is 1.52. The first-order valence-corrected chi connectivity index (χ1v) is 6.06. The van der Waals surface area contributed by atoms with Gasteiger partial charge in [0, 0.05) is 6.20 Å². The number of ether oxygens (including phenoxy) is 1. The lowest BCUT2D eigenvalue weighted by molar-refractivity contribution is 0.1000. The van der Waals surface area contributed by atoms with Crippen LogP contribution in [-0.2, 0) is 0 Å². The van der Waals surface area contributed by atoms with E-state index in [9.17, 15) is 4.79 Å². The molecule has 106 valence electrons. The predicted octanol–water partition coefficient (Wildman–Crippen LogP) is 1.13. The minimum absolute atomic E-state index is 0.307. The summed E-state index contributed by atoms with van der Waals surface area (Å²) in [7, 11) is 0. The normalized spacial score (nSPS) is 11.3. The number of amides is 1. The molecule has 2 aromatic rings. The number of carbonyl (C=O) groups excluding carboxylic acids is 1. The summed E-state index contributed by atoms with van der Waals surface area (Å²) in [6, 6.07) is 3.36. The van der Waals surface area contributed by atoms with Gasteiger partial charge in [0.15, 0.2) is 5.82 Å². The number of rotatable bonds is 3.